The number of fused-ring (bicyclic) bond motifs is 1. The van der Waals surface area contributed by atoms with E-state index in [9.17, 15) is 13.6 Å². The van der Waals surface area contributed by atoms with Crippen LogP contribution in [-0.2, 0) is 0 Å². The number of aromatic amines is 1. The molecule has 0 unspecified atom stereocenters. The van der Waals surface area contributed by atoms with Crippen LogP contribution in [0.2, 0.25) is 0 Å². The summed E-state index contributed by atoms with van der Waals surface area (Å²) in [5, 5.41) is 9.59. The van der Waals surface area contributed by atoms with Gasteiger partial charge in [-0.05, 0) is 29.3 Å². The summed E-state index contributed by atoms with van der Waals surface area (Å²) >= 11 is 0. The Labute approximate surface area is 146 Å². The highest BCUT2D eigenvalue weighted by Gasteiger charge is 2.19. The summed E-state index contributed by atoms with van der Waals surface area (Å²) in [6.07, 6.45) is 3.31. The van der Waals surface area contributed by atoms with Crippen molar-refractivity contribution in [3.63, 3.8) is 0 Å². The molecule has 0 fully saturated rings. The average Bonchev–Trinajstić information content (AvgIpc) is 3.04. The molecule has 4 rings (SSSR count). The zero-order valence-electron chi connectivity index (χ0n) is 13.3. The van der Waals surface area contributed by atoms with Crippen LogP contribution in [0, 0.1) is 11.6 Å². The molecule has 0 spiro atoms. The second kappa shape index (κ2) is 6.07. The van der Waals surface area contributed by atoms with Gasteiger partial charge >= 0.3 is 5.97 Å². The molecule has 0 amide bonds. The van der Waals surface area contributed by atoms with Gasteiger partial charge in [0.1, 0.15) is 22.8 Å². The average molecular weight is 350 g/mol. The van der Waals surface area contributed by atoms with Crippen molar-refractivity contribution in [2.75, 3.05) is 0 Å². The summed E-state index contributed by atoms with van der Waals surface area (Å²) < 4.78 is 28.1. The predicted molar refractivity (Wildman–Crippen MR) is 93.8 cm³/mol. The largest absolute Gasteiger partial charge is 0.477 e. The Morgan fingerprint density at radius 2 is 1.65 bits per heavy atom. The lowest BCUT2D eigenvalue weighted by molar-refractivity contribution is 0.0686. The van der Waals surface area contributed by atoms with Crippen molar-refractivity contribution in [3.8, 4) is 22.3 Å². The lowest BCUT2D eigenvalue weighted by Crippen LogP contribution is -2.04. The van der Waals surface area contributed by atoms with Gasteiger partial charge in [0.25, 0.3) is 0 Å². The highest BCUT2D eigenvalue weighted by atomic mass is 19.1. The van der Waals surface area contributed by atoms with Gasteiger partial charge in [-0.3, -0.25) is 0 Å². The summed E-state index contributed by atoms with van der Waals surface area (Å²) in [7, 11) is 0. The minimum Gasteiger partial charge on any atom is -0.477 e. The zero-order valence-corrected chi connectivity index (χ0v) is 13.3. The molecule has 6 heteroatoms. The van der Waals surface area contributed by atoms with Crippen molar-refractivity contribution in [1.29, 1.82) is 0 Å². The third-order valence-corrected chi connectivity index (χ3v) is 4.21. The standard InChI is InChI=1S/C20H12F2N2O2/c21-16-7-12(8-17(22)18(16)20(25)26)15-10-24-19-14(15)6-13(9-23-19)11-4-2-1-3-5-11/h1-10H,(H,23,24)(H,25,26). The van der Waals surface area contributed by atoms with Crippen LogP contribution in [0.5, 0.6) is 0 Å². The first kappa shape index (κ1) is 16.0. The molecule has 0 bridgehead atoms. The molecule has 4 nitrogen and oxygen atoms in total. The third kappa shape index (κ3) is 2.61. The first-order chi connectivity index (χ1) is 12.5. The van der Waals surface area contributed by atoms with Crippen molar-refractivity contribution in [2.24, 2.45) is 0 Å². The van der Waals surface area contributed by atoms with Crippen LogP contribution in [0.4, 0.5) is 8.78 Å². The van der Waals surface area contributed by atoms with Crippen LogP contribution in [0.25, 0.3) is 33.3 Å². The number of H-pyrrole nitrogens is 1. The van der Waals surface area contributed by atoms with Gasteiger partial charge in [0.05, 0.1) is 0 Å². The minimum atomic E-state index is -1.64. The van der Waals surface area contributed by atoms with Gasteiger partial charge in [-0.2, -0.15) is 0 Å². The molecule has 0 radical (unpaired) electrons. The summed E-state index contributed by atoms with van der Waals surface area (Å²) in [6, 6.07) is 13.5. The molecule has 2 heterocycles. The van der Waals surface area contributed by atoms with E-state index in [1.165, 1.54) is 0 Å². The first-order valence-corrected chi connectivity index (χ1v) is 7.80. The van der Waals surface area contributed by atoms with Crippen molar-refractivity contribution >= 4 is 17.0 Å². The van der Waals surface area contributed by atoms with E-state index >= 15 is 0 Å². The summed E-state index contributed by atoms with van der Waals surface area (Å²) in [5.41, 5.74) is 2.22. The van der Waals surface area contributed by atoms with Gasteiger partial charge < -0.3 is 10.1 Å². The number of rotatable bonds is 3. The molecule has 0 aliphatic rings. The number of nitrogens with one attached hydrogen (secondary N) is 1. The second-order valence-electron chi connectivity index (χ2n) is 5.81. The first-order valence-electron chi connectivity index (χ1n) is 7.80. The molecule has 2 N–H and O–H groups in total. The Morgan fingerprint density at radius 1 is 0.962 bits per heavy atom. The smallest absolute Gasteiger partial charge is 0.341 e. The van der Waals surface area contributed by atoms with Crippen LogP contribution in [0.15, 0.2) is 60.9 Å². The van der Waals surface area contributed by atoms with E-state index < -0.39 is 23.2 Å². The molecule has 0 aliphatic heterocycles. The quantitative estimate of drug-likeness (QED) is 0.554. The van der Waals surface area contributed by atoms with Gasteiger partial charge in [0.15, 0.2) is 0 Å². The number of benzene rings is 2. The van der Waals surface area contributed by atoms with Crippen LogP contribution in [0.1, 0.15) is 10.4 Å². The molecule has 2 aromatic carbocycles. The molecular formula is C20H12F2N2O2. The number of nitrogens with zero attached hydrogens (tertiary/aromatic N) is 1. The highest BCUT2D eigenvalue weighted by Crippen LogP contribution is 2.32. The lowest BCUT2D eigenvalue weighted by Gasteiger charge is -2.06. The molecule has 0 saturated carbocycles. The molecule has 2 aromatic heterocycles. The van der Waals surface area contributed by atoms with E-state index in [0.717, 1.165) is 23.3 Å². The number of carboxylic acids is 1. The SMILES string of the molecule is O=C(O)c1c(F)cc(-c2c[nH]c3ncc(-c4ccccc4)cc23)cc1F. The van der Waals surface area contributed by atoms with Gasteiger partial charge in [0, 0.05) is 28.9 Å². The molecule has 128 valence electrons. The fourth-order valence-electron chi connectivity index (χ4n) is 2.96. The fraction of sp³-hybridized carbons (Fsp3) is 0. The van der Waals surface area contributed by atoms with Crippen LogP contribution in [0.3, 0.4) is 0 Å². The van der Waals surface area contributed by atoms with Crippen LogP contribution < -0.4 is 0 Å². The maximum absolute atomic E-state index is 14.1. The normalized spacial score (nSPS) is 11.0. The van der Waals surface area contributed by atoms with E-state index in [1.54, 1.807) is 12.4 Å². The molecule has 4 aromatic rings. The fourth-order valence-corrected chi connectivity index (χ4v) is 2.96. The van der Waals surface area contributed by atoms with Gasteiger partial charge in [-0.1, -0.05) is 30.3 Å². The Hall–Kier alpha value is -3.54. The number of hydrogen-bond acceptors (Lipinski definition) is 2. The Bertz CT molecular complexity index is 1110. The summed E-state index contributed by atoms with van der Waals surface area (Å²) in [4.78, 5) is 18.3. The Balaban J connectivity index is 1.89. The molecular weight excluding hydrogens is 338 g/mol. The van der Waals surface area contributed by atoms with Crippen molar-refractivity contribution in [2.45, 2.75) is 0 Å². The van der Waals surface area contributed by atoms with Crippen molar-refractivity contribution < 1.29 is 18.7 Å². The number of aromatic carboxylic acids is 1. The van der Waals surface area contributed by atoms with E-state index in [-0.39, 0.29) is 5.56 Å². The van der Waals surface area contributed by atoms with Crippen LogP contribution in [-0.4, -0.2) is 21.0 Å². The Kier molecular flexibility index (Phi) is 3.73. The van der Waals surface area contributed by atoms with Crippen LogP contribution >= 0.6 is 0 Å². The van der Waals surface area contributed by atoms with Gasteiger partial charge in [-0.15, -0.1) is 0 Å². The second-order valence-corrected chi connectivity index (χ2v) is 5.81. The maximum atomic E-state index is 14.1. The van der Waals surface area contributed by atoms with Crippen molar-refractivity contribution in [3.05, 3.63) is 78.1 Å². The Morgan fingerprint density at radius 3 is 2.31 bits per heavy atom. The van der Waals surface area contributed by atoms with Gasteiger partial charge in [-0.25, -0.2) is 18.6 Å². The monoisotopic (exact) mass is 350 g/mol. The maximum Gasteiger partial charge on any atom is 0.341 e. The third-order valence-electron chi connectivity index (χ3n) is 4.21. The number of halogens is 2. The number of hydrogen-bond donors (Lipinski definition) is 2. The summed E-state index contributed by atoms with van der Waals surface area (Å²) in [6.45, 7) is 0. The molecule has 0 aliphatic carbocycles. The van der Waals surface area contributed by atoms with Gasteiger partial charge in [0.2, 0.25) is 0 Å². The van der Waals surface area contributed by atoms with E-state index in [0.29, 0.717) is 16.6 Å². The van der Waals surface area contributed by atoms with E-state index in [1.807, 2.05) is 36.4 Å². The van der Waals surface area contributed by atoms with Crippen molar-refractivity contribution in [1.82, 2.24) is 9.97 Å². The predicted octanol–water partition coefficient (Wildman–Crippen LogP) is 4.87. The summed E-state index contributed by atoms with van der Waals surface area (Å²) in [5.74, 6) is -3.87. The molecule has 0 atom stereocenters. The minimum absolute atomic E-state index is 0.239. The molecule has 26 heavy (non-hydrogen) atoms. The number of carbonyl (C=O) groups is 1. The molecule has 0 saturated heterocycles. The number of carboxylic acid groups (broad SMARTS) is 1. The lowest BCUT2D eigenvalue weighted by atomic mass is 10.0. The zero-order chi connectivity index (χ0) is 18.3. The number of aromatic nitrogens is 2. The van der Waals surface area contributed by atoms with E-state index in [4.69, 9.17) is 5.11 Å². The van der Waals surface area contributed by atoms with E-state index in [2.05, 4.69) is 9.97 Å². The number of pyridine rings is 1. The topological polar surface area (TPSA) is 66.0 Å². The highest BCUT2D eigenvalue weighted by molar-refractivity contribution is 5.96.